The van der Waals surface area contributed by atoms with Crippen LogP contribution in [0.2, 0.25) is 0 Å². The standard InChI is InChI=1S/C12H18O4/c1-12-6-5-8(13)10(11(15)16-2)7(12)3-4-9(12)14/h7,9-10,14H,3-6H2,1-2H3/t7-,9?,10-,12-/m0/s1. The van der Waals surface area contributed by atoms with Gasteiger partial charge in [0.05, 0.1) is 13.2 Å². The van der Waals surface area contributed by atoms with Gasteiger partial charge in [-0.25, -0.2) is 0 Å². The number of aliphatic hydroxyl groups is 1. The molecule has 0 heterocycles. The molecule has 0 bridgehead atoms. The van der Waals surface area contributed by atoms with Gasteiger partial charge in [-0.2, -0.15) is 0 Å². The molecule has 0 aliphatic heterocycles. The summed E-state index contributed by atoms with van der Waals surface area (Å²) in [4.78, 5) is 23.4. The van der Waals surface area contributed by atoms with E-state index in [-0.39, 0.29) is 17.1 Å². The van der Waals surface area contributed by atoms with Crippen LogP contribution in [-0.4, -0.2) is 30.1 Å². The van der Waals surface area contributed by atoms with E-state index < -0.39 is 18.0 Å². The molecule has 4 atom stereocenters. The third-order valence-corrected chi connectivity index (χ3v) is 4.47. The zero-order valence-corrected chi connectivity index (χ0v) is 9.73. The molecule has 0 amide bonds. The normalized spacial score (nSPS) is 42.9. The molecule has 2 fully saturated rings. The quantitative estimate of drug-likeness (QED) is 0.533. The molecule has 0 spiro atoms. The van der Waals surface area contributed by atoms with Crippen molar-refractivity contribution in [1.82, 2.24) is 0 Å². The molecular weight excluding hydrogens is 208 g/mol. The summed E-state index contributed by atoms with van der Waals surface area (Å²) in [7, 11) is 1.31. The minimum atomic E-state index is -0.652. The lowest BCUT2D eigenvalue weighted by Gasteiger charge is -2.41. The van der Waals surface area contributed by atoms with Crippen molar-refractivity contribution >= 4 is 11.8 Å². The second-order valence-electron chi connectivity index (χ2n) is 5.17. The van der Waals surface area contributed by atoms with Crippen molar-refractivity contribution in [2.75, 3.05) is 7.11 Å². The number of hydrogen-bond acceptors (Lipinski definition) is 4. The molecule has 0 aromatic carbocycles. The Morgan fingerprint density at radius 3 is 2.81 bits per heavy atom. The Bertz CT molecular complexity index is 317. The van der Waals surface area contributed by atoms with Gasteiger partial charge in [0.2, 0.25) is 0 Å². The van der Waals surface area contributed by atoms with Crippen molar-refractivity contribution in [3.05, 3.63) is 0 Å². The van der Waals surface area contributed by atoms with Gasteiger partial charge in [-0.1, -0.05) is 6.92 Å². The predicted octanol–water partition coefficient (Wildman–Crippen LogP) is 0.916. The molecule has 0 saturated heterocycles. The minimum absolute atomic E-state index is 0.0246. The minimum Gasteiger partial charge on any atom is -0.468 e. The highest BCUT2D eigenvalue weighted by molar-refractivity contribution is 6.00. The van der Waals surface area contributed by atoms with E-state index in [0.29, 0.717) is 19.3 Å². The summed E-state index contributed by atoms with van der Waals surface area (Å²) in [5, 5.41) is 9.98. The van der Waals surface area contributed by atoms with Crippen molar-refractivity contribution in [1.29, 1.82) is 0 Å². The zero-order chi connectivity index (χ0) is 11.9. The fourth-order valence-corrected chi connectivity index (χ4v) is 3.34. The molecule has 0 radical (unpaired) electrons. The summed E-state index contributed by atoms with van der Waals surface area (Å²) in [5.74, 6) is -1.16. The molecule has 0 aromatic heterocycles. The molecule has 2 aliphatic carbocycles. The van der Waals surface area contributed by atoms with Crippen LogP contribution in [0.1, 0.15) is 32.6 Å². The van der Waals surface area contributed by atoms with Gasteiger partial charge in [-0.15, -0.1) is 0 Å². The number of aliphatic hydroxyl groups excluding tert-OH is 1. The third-order valence-electron chi connectivity index (χ3n) is 4.47. The number of rotatable bonds is 1. The fourth-order valence-electron chi connectivity index (χ4n) is 3.34. The van der Waals surface area contributed by atoms with Crippen molar-refractivity contribution < 1.29 is 19.4 Å². The largest absolute Gasteiger partial charge is 0.468 e. The Kier molecular flexibility index (Phi) is 2.78. The molecule has 2 rings (SSSR count). The van der Waals surface area contributed by atoms with Crippen molar-refractivity contribution in [3.63, 3.8) is 0 Å². The summed E-state index contributed by atoms with van der Waals surface area (Å²) >= 11 is 0. The van der Waals surface area contributed by atoms with E-state index in [1.165, 1.54) is 7.11 Å². The van der Waals surface area contributed by atoms with E-state index in [1.54, 1.807) is 0 Å². The van der Waals surface area contributed by atoms with E-state index in [4.69, 9.17) is 4.74 Å². The highest BCUT2D eigenvalue weighted by atomic mass is 16.5. The van der Waals surface area contributed by atoms with Crippen LogP contribution in [0.25, 0.3) is 0 Å². The van der Waals surface area contributed by atoms with Crippen LogP contribution in [0.4, 0.5) is 0 Å². The van der Waals surface area contributed by atoms with E-state index in [1.807, 2.05) is 6.92 Å². The van der Waals surface area contributed by atoms with Gasteiger partial charge in [-0.3, -0.25) is 9.59 Å². The number of Topliss-reactive ketones (excluding diaryl/α,β-unsaturated/α-hetero) is 1. The number of hydrogen-bond donors (Lipinski definition) is 1. The maximum Gasteiger partial charge on any atom is 0.316 e. The monoisotopic (exact) mass is 226 g/mol. The maximum atomic E-state index is 11.8. The molecule has 2 saturated carbocycles. The van der Waals surface area contributed by atoms with Gasteiger partial charge in [0.1, 0.15) is 11.7 Å². The molecule has 0 aromatic rings. The van der Waals surface area contributed by atoms with Crippen LogP contribution >= 0.6 is 0 Å². The summed E-state index contributed by atoms with van der Waals surface area (Å²) in [6.07, 6.45) is 2.10. The fraction of sp³-hybridized carbons (Fsp3) is 0.833. The van der Waals surface area contributed by atoms with E-state index >= 15 is 0 Å². The van der Waals surface area contributed by atoms with E-state index in [9.17, 15) is 14.7 Å². The molecule has 2 aliphatic rings. The van der Waals surface area contributed by atoms with E-state index in [0.717, 1.165) is 6.42 Å². The molecule has 1 N–H and O–H groups in total. The Hall–Kier alpha value is -0.900. The van der Waals surface area contributed by atoms with Crippen LogP contribution in [0, 0.1) is 17.3 Å². The summed E-state index contributed by atoms with van der Waals surface area (Å²) in [5.41, 5.74) is -0.285. The third kappa shape index (κ3) is 1.47. The highest BCUT2D eigenvalue weighted by Crippen LogP contribution is 2.53. The number of ether oxygens (including phenoxy) is 1. The van der Waals surface area contributed by atoms with Gasteiger partial charge in [0.15, 0.2) is 0 Å². The lowest BCUT2D eigenvalue weighted by Crippen LogP contribution is -2.46. The van der Waals surface area contributed by atoms with Crippen LogP contribution < -0.4 is 0 Å². The molecular formula is C12H18O4. The van der Waals surface area contributed by atoms with Gasteiger partial charge in [-0.05, 0) is 30.6 Å². The van der Waals surface area contributed by atoms with Gasteiger partial charge in [0, 0.05) is 6.42 Å². The van der Waals surface area contributed by atoms with Crippen LogP contribution in [0.15, 0.2) is 0 Å². The summed E-state index contributed by atoms with van der Waals surface area (Å²) in [6, 6.07) is 0. The summed E-state index contributed by atoms with van der Waals surface area (Å²) < 4.78 is 4.71. The number of ketones is 1. The second kappa shape index (κ2) is 3.84. The predicted molar refractivity (Wildman–Crippen MR) is 56.6 cm³/mol. The van der Waals surface area contributed by atoms with Crippen LogP contribution in [0.5, 0.6) is 0 Å². The zero-order valence-electron chi connectivity index (χ0n) is 9.73. The molecule has 90 valence electrons. The molecule has 4 nitrogen and oxygen atoms in total. The average molecular weight is 226 g/mol. The lowest BCUT2D eigenvalue weighted by molar-refractivity contribution is -0.157. The highest BCUT2D eigenvalue weighted by Gasteiger charge is 2.55. The first kappa shape index (κ1) is 11.6. The Balaban J connectivity index is 2.30. The maximum absolute atomic E-state index is 11.8. The number of esters is 1. The average Bonchev–Trinajstić information content (AvgIpc) is 2.56. The first-order valence-electron chi connectivity index (χ1n) is 5.79. The first-order chi connectivity index (χ1) is 7.50. The molecule has 1 unspecified atom stereocenters. The lowest BCUT2D eigenvalue weighted by atomic mass is 9.63. The second-order valence-corrected chi connectivity index (χ2v) is 5.17. The topological polar surface area (TPSA) is 63.6 Å². The van der Waals surface area contributed by atoms with Crippen LogP contribution in [0.3, 0.4) is 0 Å². The first-order valence-corrected chi connectivity index (χ1v) is 5.79. The number of carbonyl (C=O) groups is 2. The van der Waals surface area contributed by atoms with Crippen molar-refractivity contribution in [3.8, 4) is 0 Å². The Morgan fingerprint density at radius 1 is 1.50 bits per heavy atom. The smallest absolute Gasteiger partial charge is 0.316 e. The van der Waals surface area contributed by atoms with Gasteiger partial charge < -0.3 is 9.84 Å². The number of carbonyl (C=O) groups excluding carboxylic acids is 2. The van der Waals surface area contributed by atoms with Gasteiger partial charge >= 0.3 is 5.97 Å². The molecule has 4 heteroatoms. The van der Waals surface area contributed by atoms with Gasteiger partial charge in [0.25, 0.3) is 0 Å². The number of methoxy groups -OCH3 is 1. The van der Waals surface area contributed by atoms with E-state index in [2.05, 4.69) is 0 Å². The number of fused-ring (bicyclic) bond motifs is 1. The summed E-state index contributed by atoms with van der Waals surface area (Å²) in [6.45, 7) is 1.98. The SMILES string of the molecule is COC(=O)[C@@H]1C(=O)CC[C@]2(C)C(O)CC[C@@H]12. The van der Waals surface area contributed by atoms with Crippen molar-refractivity contribution in [2.24, 2.45) is 17.3 Å². The molecule has 16 heavy (non-hydrogen) atoms. The van der Waals surface area contributed by atoms with Crippen LogP contribution in [-0.2, 0) is 14.3 Å². The Labute approximate surface area is 95.0 Å². The van der Waals surface area contributed by atoms with Crippen molar-refractivity contribution in [2.45, 2.75) is 38.7 Å². The Morgan fingerprint density at radius 2 is 2.19 bits per heavy atom.